The maximum absolute atomic E-state index is 12.9. The van der Waals surface area contributed by atoms with Crippen LogP contribution in [-0.4, -0.2) is 39.4 Å². The van der Waals surface area contributed by atoms with E-state index in [1.807, 2.05) is 59.4 Å². The molecule has 0 saturated carbocycles. The molecule has 2 N–H and O–H groups in total. The molecule has 1 aromatic carbocycles. The summed E-state index contributed by atoms with van der Waals surface area (Å²) in [6.07, 6.45) is 3.86. The van der Waals surface area contributed by atoms with Gasteiger partial charge in [0.15, 0.2) is 0 Å². The molecular weight excluding hydrogens is 374 g/mol. The molecule has 1 unspecified atom stereocenters. The Balaban J connectivity index is 1.66. The first-order valence-corrected chi connectivity index (χ1v) is 10.2. The number of aliphatic hydroxyl groups excluding tert-OH is 1. The van der Waals surface area contributed by atoms with Gasteiger partial charge in [0.2, 0.25) is 5.91 Å². The number of amides is 2. The van der Waals surface area contributed by atoms with Gasteiger partial charge in [0.25, 0.3) is 5.91 Å². The third kappa shape index (κ3) is 4.61. The number of hydrogen-bond donors (Lipinski definition) is 2. The molecule has 2 aromatic heterocycles. The lowest BCUT2D eigenvalue weighted by molar-refractivity contribution is -0.123. The molecule has 28 heavy (non-hydrogen) atoms. The Kier molecular flexibility index (Phi) is 6.49. The summed E-state index contributed by atoms with van der Waals surface area (Å²) >= 11 is 1.54. The zero-order valence-electron chi connectivity index (χ0n) is 16.1. The fraction of sp³-hybridized carbons (Fsp3) is 0.333. The fourth-order valence-corrected chi connectivity index (χ4v) is 3.89. The first kappa shape index (κ1) is 20.1. The van der Waals surface area contributed by atoms with Crippen LogP contribution in [0.4, 0.5) is 0 Å². The van der Waals surface area contributed by atoms with Crippen LogP contribution in [0.1, 0.15) is 41.3 Å². The average molecular weight is 400 g/mol. The highest BCUT2D eigenvalue weighted by molar-refractivity contribution is 7.16. The van der Waals surface area contributed by atoms with E-state index < -0.39 is 6.10 Å². The number of thiazole rings is 1. The molecule has 0 aliphatic heterocycles. The quantitative estimate of drug-likeness (QED) is 0.611. The second kappa shape index (κ2) is 9.03. The van der Waals surface area contributed by atoms with Crippen molar-refractivity contribution in [2.45, 2.75) is 39.0 Å². The summed E-state index contributed by atoms with van der Waals surface area (Å²) in [5, 5.41) is 14.4. The minimum Gasteiger partial charge on any atom is -0.393 e. The number of hydrogen-bond acceptors (Lipinski definition) is 4. The molecule has 148 valence electrons. The Morgan fingerprint density at radius 3 is 2.71 bits per heavy atom. The molecule has 0 bridgehead atoms. The summed E-state index contributed by atoms with van der Waals surface area (Å²) in [6.45, 7) is 2.66. The van der Waals surface area contributed by atoms with E-state index in [9.17, 15) is 14.7 Å². The highest BCUT2D eigenvalue weighted by Gasteiger charge is 2.18. The lowest BCUT2D eigenvalue weighted by atomic mass is 10.1. The van der Waals surface area contributed by atoms with Gasteiger partial charge in [-0.3, -0.25) is 9.59 Å². The number of carbonyl (C=O) groups excluding carboxylic acids is 2. The zero-order chi connectivity index (χ0) is 20.1. The van der Waals surface area contributed by atoms with E-state index in [-0.39, 0.29) is 18.2 Å². The van der Waals surface area contributed by atoms with Gasteiger partial charge in [-0.15, -0.1) is 11.3 Å². The van der Waals surface area contributed by atoms with Crippen LogP contribution in [0.5, 0.6) is 0 Å². The van der Waals surface area contributed by atoms with E-state index in [1.54, 1.807) is 23.3 Å². The topological polar surface area (TPSA) is 74.0 Å². The molecule has 0 radical (unpaired) electrons. The Morgan fingerprint density at radius 1 is 1.21 bits per heavy atom. The van der Waals surface area contributed by atoms with E-state index in [1.165, 1.54) is 0 Å². The van der Waals surface area contributed by atoms with Crippen molar-refractivity contribution in [3.8, 4) is 0 Å². The zero-order valence-corrected chi connectivity index (χ0v) is 16.9. The van der Waals surface area contributed by atoms with Crippen molar-refractivity contribution in [2.75, 3.05) is 7.05 Å². The third-order valence-electron chi connectivity index (χ3n) is 4.74. The number of aliphatic hydroxyl groups is 1. The summed E-state index contributed by atoms with van der Waals surface area (Å²) in [5.41, 5.74) is 2.63. The van der Waals surface area contributed by atoms with E-state index in [4.69, 9.17) is 0 Å². The normalized spacial score (nSPS) is 12.1. The summed E-state index contributed by atoms with van der Waals surface area (Å²) < 4.78 is 1.94. The van der Waals surface area contributed by atoms with E-state index >= 15 is 0 Å². The third-order valence-corrected chi connectivity index (χ3v) is 5.65. The Bertz CT molecular complexity index is 963. The van der Waals surface area contributed by atoms with Crippen LogP contribution in [0.15, 0.2) is 48.1 Å². The number of benzene rings is 1. The largest absolute Gasteiger partial charge is 0.393 e. The smallest absolute Gasteiger partial charge is 0.256 e. The molecule has 0 saturated heterocycles. The number of aromatic nitrogens is 1. The predicted octanol–water partition coefficient (Wildman–Crippen LogP) is 3.05. The van der Waals surface area contributed by atoms with Crippen LogP contribution < -0.4 is 5.32 Å². The predicted molar refractivity (Wildman–Crippen MR) is 110 cm³/mol. The Morgan fingerprint density at radius 2 is 1.96 bits per heavy atom. The van der Waals surface area contributed by atoms with Crippen LogP contribution in [0.25, 0.3) is 4.83 Å². The minimum absolute atomic E-state index is 0.0325. The van der Waals surface area contributed by atoms with Gasteiger partial charge in [0, 0.05) is 37.9 Å². The molecule has 0 spiro atoms. The SMILES string of the molecule is CCC(O)CC(=O)NCc1ccccc1CN(C)C(=O)c1ccn2ccsc12. The first-order valence-electron chi connectivity index (χ1n) is 9.30. The van der Waals surface area contributed by atoms with Crippen molar-refractivity contribution >= 4 is 28.0 Å². The van der Waals surface area contributed by atoms with E-state index in [0.717, 1.165) is 16.0 Å². The molecule has 3 rings (SSSR count). The number of carbonyl (C=O) groups is 2. The molecule has 7 heteroatoms. The van der Waals surface area contributed by atoms with Gasteiger partial charge in [0.05, 0.1) is 18.1 Å². The lowest BCUT2D eigenvalue weighted by Gasteiger charge is -2.19. The maximum Gasteiger partial charge on any atom is 0.256 e. The average Bonchev–Trinajstić information content (AvgIpc) is 3.30. The van der Waals surface area contributed by atoms with Crippen molar-refractivity contribution in [3.05, 3.63) is 64.8 Å². The number of fused-ring (bicyclic) bond motifs is 1. The van der Waals surface area contributed by atoms with Crippen LogP contribution in [0.2, 0.25) is 0 Å². The van der Waals surface area contributed by atoms with Crippen molar-refractivity contribution in [3.63, 3.8) is 0 Å². The van der Waals surface area contributed by atoms with E-state index in [2.05, 4.69) is 5.32 Å². The van der Waals surface area contributed by atoms with Crippen molar-refractivity contribution in [2.24, 2.45) is 0 Å². The molecule has 0 aliphatic rings. The highest BCUT2D eigenvalue weighted by Crippen LogP contribution is 2.21. The van der Waals surface area contributed by atoms with Crippen LogP contribution in [0, 0.1) is 0 Å². The van der Waals surface area contributed by atoms with Gasteiger partial charge >= 0.3 is 0 Å². The van der Waals surface area contributed by atoms with Crippen molar-refractivity contribution in [1.29, 1.82) is 0 Å². The van der Waals surface area contributed by atoms with Gasteiger partial charge in [-0.1, -0.05) is 31.2 Å². The molecule has 0 aliphatic carbocycles. The van der Waals surface area contributed by atoms with E-state index in [0.29, 0.717) is 25.1 Å². The van der Waals surface area contributed by atoms with Gasteiger partial charge in [-0.25, -0.2) is 0 Å². The second-order valence-electron chi connectivity index (χ2n) is 6.82. The van der Waals surface area contributed by atoms with Gasteiger partial charge in [-0.05, 0) is 23.6 Å². The van der Waals surface area contributed by atoms with Gasteiger partial charge < -0.3 is 19.7 Å². The lowest BCUT2D eigenvalue weighted by Crippen LogP contribution is -2.29. The fourth-order valence-electron chi connectivity index (χ4n) is 3.04. The first-order chi connectivity index (χ1) is 13.5. The van der Waals surface area contributed by atoms with Gasteiger partial charge in [-0.2, -0.15) is 0 Å². The Labute approximate surface area is 168 Å². The molecule has 2 heterocycles. The second-order valence-corrected chi connectivity index (χ2v) is 7.71. The molecule has 2 amide bonds. The number of nitrogens with one attached hydrogen (secondary N) is 1. The molecular formula is C21H25N3O3S. The number of nitrogens with zero attached hydrogens (tertiary/aromatic N) is 2. The van der Waals surface area contributed by atoms with Crippen LogP contribution in [-0.2, 0) is 17.9 Å². The minimum atomic E-state index is -0.615. The maximum atomic E-state index is 12.9. The highest BCUT2D eigenvalue weighted by atomic mass is 32.1. The standard InChI is InChI=1S/C21H25N3O3S/c1-3-17(25)12-19(26)22-13-15-6-4-5-7-16(15)14-23(2)20(27)18-8-9-24-10-11-28-21(18)24/h4-11,17,25H,3,12-14H2,1-2H3,(H,22,26). The van der Waals surface area contributed by atoms with Gasteiger partial charge in [0.1, 0.15) is 4.83 Å². The summed E-state index contributed by atoms with van der Waals surface area (Å²) in [4.78, 5) is 27.4. The number of rotatable bonds is 8. The van der Waals surface area contributed by atoms with Crippen molar-refractivity contribution in [1.82, 2.24) is 14.6 Å². The summed E-state index contributed by atoms with van der Waals surface area (Å²) in [6, 6.07) is 9.59. The molecule has 6 nitrogen and oxygen atoms in total. The summed E-state index contributed by atoms with van der Waals surface area (Å²) in [7, 11) is 1.78. The molecule has 0 fully saturated rings. The summed E-state index contributed by atoms with van der Waals surface area (Å²) in [5.74, 6) is -0.211. The monoisotopic (exact) mass is 399 g/mol. The van der Waals surface area contributed by atoms with Crippen LogP contribution >= 0.6 is 11.3 Å². The Hall–Kier alpha value is -2.64. The van der Waals surface area contributed by atoms with Crippen LogP contribution in [0.3, 0.4) is 0 Å². The molecule has 1 atom stereocenters. The van der Waals surface area contributed by atoms with Crippen molar-refractivity contribution < 1.29 is 14.7 Å². The molecule has 3 aromatic rings.